The number of hydrogen-bond donors (Lipinski definition) is 0. The van der Waals surface area contributed by atoms with Crippen LogP contribution in [0.3, 0.4) is 0 Å². The maximum atomic E-state index is 6.22. The number of aliphatic imine (C=N–C) groups is 1. The van der Waals surface area contributed by atoms with Gasteiger partial charge in [0.25, 0.3) is 0 Å². The molecule has 0 aliphatic heterocycles. The van der Waals surface area contributed by atoms with Crippen LogP contribution in [0.25, 0.3) is 0 Å². The highest BCUT2D eigenvalue weighted by atomic mass is 33.1. The summed E-state index contributed by atoms with van der Waals surface area (Å²) < 4.78 is 9.13. The van der Waals surface area contributed by atoms with Crippen LogP contribution >= 0.6 is 77.2 Å². The lowest BCUT2D eigenvalue weighted by molar-refractivity contribution is 0.550. The molecule has 0 N–H and O–H groups in total. The average molecular weight is 538 g/mol. The van der Waals surface area contributed by atoms with E-state index in [9.17, 15) is 0 Å². The first-order valence-corrected chi connectivity index (χ1v) is 16.4. The highest BCUT2D eigenvalue weighted by Gasteiger charge is 2.19. The lowest BCUT2D eigenvalue weighted by Gasteiger charge is -2.16. The van der Waals surface area contributed by atoms with Crippen LogP contribution in [0.2, 0.25) is 0 Å². The Bertz CT molecular complexity index is 1000. The molecule has 0 amide bonds. The van der Waals surface area contributed by atoms with Gasteiger partial charge in [-0.2, -0.15) is 0 Å². The topological polar surface area (TPSA) is 21.6 Å². The summed E-state index contributed by atoms with van der Waals surface area (Å²) in [6.45, 7) is 2.09. The van der Waals surface area contributed by atoms with E-state index in [2.05, 4.69) is 54.1 Å². The smallest absolute Gasteiger partial charge is 0.198 e. The molecule has 0 aliphatic rings. The van der Waals surface area contributed by atoms with Gasteiger partial charge in [0.2, 0.25) is 0 Å². The molecule has 0 saturated heterocycles. The molecule has 4 rings (SSSR count). The second-order valence-corrected chi connectivity index (χ2v) is 14.7. The van der Waals surface area contributed by atoms with E-state index in [1.165, 1.54) is 14.0 Å². The number of ether oxygens (including phenoxy) is 1. The molecular formula is C22H19NOS7. The van der Waals surface area contributed by atoms with Gasteiger partial charge in [-0.25, -0.2) is 4.99 Å². The Balaban J connectivity index is 1.51. The monoisotopic (exact) mass is 537 g/mol. The molecule has 0 bridgehead atoms. The second kappa shape index (κ2) is 12.4. The Morgan fingerprint density at radius 1 is 0.839 bits per heavy atom. The summed E-state index contributed by atoms with van der Waals surface area (Å²) in [7, 11) is 7.40. The zero-order chi connectivity index (χ0) is 21.3. The van der Waals surface area contributed by atoms with Crippen molar-refractivity contribution in [2.75, 3.05) is 0 Å². The molecule has 3 aromatic heterocycles. The van der Waals surface area contributed by atoms with Crippen molar-refractivity contribution in [1.29, 1.82) is 0 Å². The number of rotatable bonds is 10. The number of benzene rings is 1. The number of thiophene rings is 3. The van der Waals surface area contributed by atoms with Crippen LogP contribution in [-0.2, 0) is 0 Å². The molecule has 0 unspecified atom stereocenters. The third kappa shape index (κ3) is 7.92. The maximum Gasteiger partial charge on any atom is 0.198 e. The fourth-order valence-corrected chi connectivity index (χ4v) is 11.0. The summed E-state index contributed by atoms with van der Waals surface area (Å²) in [6.07, 6.45) is 0.734. The summed E-state index contributed by atoms with van der Waals surface area (Å²) in [4.78, 5) is 4.87. The van der Waals surface area contributed by atoms with Gasteiger partial charge in [0.1, 0.15) is 0 Å². The minimum atomic E-state index is 0.281. The highest BCUT2D eigenvalue weighted by molar-refractivity contribution is 8.85. The predicted octanol–water partition coefficient (Wildman–Crippen LogP) is 9.89. The highest BCUT2D eigenvalue weighted by Crippen LogP contribution is 2.48. The third-order valence-electron chi connectivity index (χ3n) is 3.81. The maximum absolute atomic E-state index is 6.22. The molecule has 0 saturated carbocycles. The Morgan fingerprint density at radius 2 is 1.45 bits per heavy atom. The largest absolute Gasteiger partial charge is 0.432 e. The van der Waals surface area contributed by atoms with Crippen molar-refractivity contribution in [3.63, 3.8) is 0 Å². The Morgan fingerprint density at radius 3 is 2.00 bits per heavy atom. The van der Waals surface area contributed by atoms with Crippen LogP contribution < -0.4 is 4.74 Å². The van der Waals surface area contributed by atoms with E-state index < -0.39 is 0 Å². The van der Waals surface area contributed by atoms with E-state index >= 15 is 0 Å². The SMILES string of the molecule is Cc1ccc(/N=C(/CC(SSc2cccs2)SSc2cccs2)Oc2cccs2)cc1. The van der Waals surface area contributed by atoms with Crippen LogP contribution in [0.4, 0.5) is 5.69 Å². The third-order valence-corrected chi connectivity index (χ3v) is 13.5. The van der Waals surface area contributed by atoms with Gasteiger partial charge in [-0.1, -0.05) is 51.4 Å². The number of aryl methyl sites for hydroxylation is 1. The molecule has 1 aromatic carbocycles. The normalized spacial score (nSPS) is 11.9. The fraction of sp³-hybridized carbons (Fsp3) is 0.136. The number of hydrogen-bond acceptors (Lipinski definition) is 9. The second-order valence-electron chi connectivity index (χ2n) is 6.23. The first-order chi connectivity index (χ1) is 15.2. The van der Waals surface area contributed by atoms with Crippen LogP contribution in [-0.4, -0.2) is 10.5 Å². The summed E-state index contributed by atoms with van der Waals surface area (Å²) in [5.41, 5.74) is 2.14. The van der Waals surface area contributed by atoms with E-state index in [4.69, 9.17) is 9.73 Å². The zero-order valence-electron chi connectivity index (χ0n) is 16.5. The lowest BCUT2D eigenvalue weighted by atomic mass is 10.2. The molecule has 0 spiro atoms. The van der Waals surface area contributed by atoms with E-state index in [1.54, 1.807) is 34.0 Å². The van der Waals surface area contributed by atoms with Crippen molar-refractivity contribution >= 4 is 88.8 Å². The van der Waals surface area contributed by atoms with E-state index in [-0.39, 0.29) is 4.58 Å². The van der Waals surface area contributed by atoms with Gasteiger partial charge < -0.3 is 4.74 Å². The van der Waals surface area contributed by atoms with Gasteiger partial charge in [-0.3, -0.25) is 0 Å². The molecule has 4 aromatic rings. The average Bonchev–Trinajstić information content (AvgIpc) is 3.55. The van der Waals surface area contributed by atoms with Gasteiger partial charge in [0, 0.05) is 6.42 Å². The molecule has 31 heavy (non-hydrogen) atoms. The van der Waals surface area contributed by atoms with Crippen molar-refractivity contribution in [2.24, 2.45) is 4.99 Å². The number of nitrogens with zero attached hydrogens (tertiary/aromatic N) is 1. The molecule has 0 atom stereocenters. The summed E-state index contributed by atoms with van der Waals surface area (Å²) in [5.74, 6) is 0.745. The minimum absolute atomic E-state index is 0.281. The van der Waals surface area contributed by atoms with Crippen molar-refractivity contribution in [3.8, 4) is 5.06 Å². The quantitative estimate of drug-likeness (QED) is 0.0866. The van der Waals surface area contributed by atoms with Gasteiger partial charge in [0.15, 0.2) is 11.0 Å². The lowest BCUT2D eigenvalue weighted by Crippen LogP contribution is -2.13. The van der Waals surface area contributed by atoms with E-state index in [0.717, 1.165) is 23.1 Å². The van der Waals surface area contributed by atoms with Gasteiger partial charge >= 0.3 is 0 Å². The van der Waals surface area contributed by atoms with Crippen molar-refractivity contribution in [1.82, 2.24) is 0 Å². The summed E-state index contributed by atoms with van der Waals surface area (Å²) >= 11 is 5.14. The molecule has 0 fully saturated rings. The first-order valence-electron chi connectivity index (χ1n) is 9.34. The van der Waals surface area contributed by atoms with Crippen LogP contribution in [0.5, 0.6) is 5.06 Å². The van der Waals surface area contributed by atoms with Gasteiger partial charge in [-0.05, 0) is 81.0 Å². The first kappa shape index (κ1) is 23.4. The molecule has 0 radical (unpaired) electrons. The fourth-order valence-electron chi connectivity index (χ4n) is 2.36. The van der Waals surface area contributed by atoms with Gasteiger partial charge in [0.05, 0.1) is 18.7 Å². The van der Waals surface area contributed by atoms with Crippen molar-refractivity contribution in [3.05, 3.63) is 82.4 Å². The van der Waals surface area contributed by atoms with E-state index in [0.29, 0.717) is 0 Å². The molecule has 160 valence electrons. The Kier molecular flexibility index (Phi) is 9.37. The van der Waals surface area contributed by atoms with Crippen LogP contribution in [0.15, 0.2) is 90.2 Å². The summed E-state index contributed by atoms with van der Waals surface area (Å²) in [5, 5.41) is 7.14. The van der Waals surface area contributed by atoms with Crippen LogP contribution in [0, 0.1) is 6.92 Å². The van der Waals surface area contributed by atoms with Gasteiger partial charge in [-0.15, -0.1) is 34.0 Å². The van der Waals surface area contributed by atoms with E-state index in [1.807, 2.05) is 72.8 Å². The molecule has 9 heteroatoms. The van der Waals surface area contributed by atoms with Crippen LogP contribution in [0.1, 0.15) is 12.0 Å². The predicted molar refractivity (Wildman–Crippen MR) is 147 cm³/mol. The molecule has 2 nitrogen and oxygen atoms in total. The Hall–Kier alpha value is -0.810. The molecular weight excluding hydrogens is 519 g/mol. The minimum Gasteiger partial charge on any atom is -0.432 e. The molecule has 3 heterocycles. The zero-order valence-corrected chi connectivity index (χ0v) is 22.2. The molecule has 0 aliphatic carbocycles. The standard InChI is InChI=1S/C22H19NOS7/c1-16-8-10-17(11-9-16)23-18(24-19-5-2-12-25-19)15-22(30-28-20-6-3-13-26-20)31-29-21-7-4-14-27-21/h2-14,22H,15H2,1H3/b23-18-. The van der Waals surface area contributed by atoms with Crippen molar-refractivity contribution in [2.45, 2.75) is 26.3 Å². The summed E-state index contributed by atoms with van der Waals surface area (Å²) in [6, 6.07) is 20.8. The Labute approximate surface area is 210 Å². The van der Waals surface area contributed by atoms with Crippen molar-refractivity contribution < 1.29 is 4.74 Å².